The number of primary amides is 1. The highest BCUT2D eigenvalue weighted by Crippen LogP contribution is 2.44. The van der Waals surface area contributed by atoms with E-state index in [0.29, 0.717) is 17.9 Å². The van der Waals surface area contributed by atoms with Crippen LogP contribution in [-0.2, 0) is 11.2 Å². The summed E-state index contributed by atoms with van der Waals surface area (Å²) in [5.74, 6) is -0.931. The third-order valence-corrected chi connectivity index (χ3v) is 3.81. The first-order valence-electron chi connectivity index (χ1n) is 6.67. The Morgan fingerprint density at radius 2 is 2.35 bits per heavy atom. The largest absolute Gasteiger partial charge is 0.369 e. The minimum atomic E-state index is -1.39. The van der Waals surface area contributed by atoms with Gasteiger partial charge in [0.15, 0.2) is 0 Å². The van der Waals surface area contributed by atoms with E-state index < -0.39 is 18.2 Å². The first-order valence-corrected chi connectivity index (χ1v) is 6.05. The zero-order chi connectivity index (χ0) is 13.8. The van der Waals surface area contributed by atoms with E-state index in [1.807, 2.05) is 18.2 Å². The van der Waals surface area contributed by atoms with Crippen LogP contribution in [0.2, 0.25) is 5.02 Å². The smallest absolute Gasteiger partial charge is 0.224 e. The van der Waals surface area contributed by atoms with Crippen molar-refractivity contribution in [1.82, 2.24) is 0 Å². The second-order valence-corrected chi connectivity index (χ2v) is 5.00. The van der Waals surface area contributed by atoms with E-state index in [1.165, 1.54) is 0 Å². The lowest BCUT2D eigenvalue weighted by atomic mass is 9.82. The zero-order valence-electron chi connectivity index (χ0n) is 11.3. The van der Waals surface area contributed by atoms with Crippen molar-refractivity contribution in [3.8, 4) is 0 Å². The molecule has 0 bridgehead atoms. The summed E-state index contributed by atoms with van der Waals surface area (Å²) in [4.78, 5) is 11.6. The molecule has 0 aliphatic heterocycles. The molecular formula is C14H14ClNO. The van der Waals surface area contributed by atoms with Crippen molar-refractivity contribution in [3.63, 3.8) is 0 Å². The Labute approximate surface area is 108 Å². The minimum absolute atomic E-state index is 0.183. The minimum Gasteiger partial charge on any atom is -0.369 e. The fraction of sp³-hybridized carbons (Fsp3) is 0.357. The van der Waals surface area contributed by atoms with Crippen molar-refractivity contribution in [3.05, 3.63) is 39.9 Å². The number of hydrogen-bond acceptors (Lipinski definition) is 1. The molecule has 0 heterocycles. The lowest BCUT2D eigenvalue weighted by molar-refractivity contribution is -0.121. The van der Waals surface area contributed by atoms with Gasteiger partial charge in [-0.1, -0.05) is 17.7 Å². The summed E-state index contributed by atoms with van der Waals surface area (Å²) in [5.41, 5.74) is 9.45. The van der Waals surface area contributed by atoms with Crippen LogP contribution in [0.1, 0.15) is 33.1 Å². The Balaban J connectivity index is 2.13. The lowest BCUT2D eigenvalue weighted by Gasteiger charge is -2.22. The zero-order valence-corrected chi connectivity index (χ0v) is 10.1. The average molecular weight is 250 g/mol. The Hall–Kier alpha value is -1.28. The van der Waals surface area contributed by atoms with Crippen molar-refractivity contribution >= 4 is 23.1 Å². The molecular weight excluding hydrogens is 234 g/mol. The van der Waals surface area contributed by atoms with E-state index in [2.05, 4.69) is 0 Å². The summed E-state index contributed by atoms with van der Waals surface area (Å²) in [6.45, 7) is 0. The Morgan fingerprint density at radius 3 is 3.12 bits per heavy atom. The molecule has 0 radical (unpaired) electrons. The number of halogens is 1. The summed E-state index contributed by atoms with van der Waals surface area (Å²) >= 11 is 6.02. The first-order chi connectivity index (χ1) is 8.87. The topological polar surface area (TPSA) is 43.1 Å². The standard InChI is InChI=1S/C14H14ClNO/c15-9-5-4-8-6-13-10(12(8)7-9)2-1-3-11(13)14(16)17/h4-5,7,11H,1-3,6H2,(H2,16,17)/i1D2. The molecule has 1 aromatic rings. The number of amides is 1. The molecule has 2 aliphatic carbocycles. The number of nitrogens with two attached hydrogens (primary N) is 1. The monoisotopic (exact) mass is 249 g/mol. The first kappa shape index (κ1) is 8.76. The van der Waals surface area contributed by atoms with Gasteiger partial charge in [0.05, 0.1) is 5.92 Å². The van der Waals surface area contributed by atoms with Crippen LogP contribution in [0.5, 0.6) is 0 Å². The maximum Gasteiger partial charge on any atom is 0.224 e. The van der Waals surface area contributed by atoms with Crippen molar-refractivity contribution in [2.24, 2.45) is 11.7 Å². The number of fused-ring (bicyclic) bond motifs is 2. The van der Waals surface area contributed by atoms with E-state index in [-0.39, 0.29) is 6.42 Å². The summed E-state index contributed by atoms with van der Waals surface area (Å²) in [6, 6.07) is 5.63. The maximum atomic E-state index is 11.6. The summed E-state index contributed by atoms with van der Waals surface area (Å²) in [6.07, 6.45) is -0.184. The normalized spacial score (nSPS) is 27.0. The van der Waals surface area contributed by atoms with E-state index in [4.69, 9.17) is 20.1 Å². The van der Waals surface area contributed by atoms with Crippen molar-refractivity contribution in [1.29, 1.82) is 0 Å². The third kappa shape index (κ3) is 1.67. The summed E-state index contributed by atoms with van der Waals surface area (Å²) in [7, 11) is 0. The molecule has 1 atom stereocenters. The van der Waals surface area contributed by atoms with Gasteiger partial charge in [-0.05, 0) is 60.0 Å². The van der Waals surface area contributed by atoms with Crippen LogP contribution in [0.3, 0.4) is 0 Å². The third-order valence-electron chi connectivity index (χ3n) is 3.58. The van der Waals surface area contributed by atoms with Gasteiger partial charge in [0.1, 0.15) is 0 Å². The number of carbonyl (C=O) groups excluding carboxylic acids is 1. The highest BCUT2D eigenvalue weighted by molar-refractivity contribution is 6.30. The molecule has 17 heavy (non-hydrogen) atoms. The van der Waals surface area contributed by atoms with Crippen LogP contribution in [0, 0.1) is 5.92 Å². The Bertz CT molecular complexity index is 609. The second kappa shape index (κ2) is 3.88. The molecule has 2 aliphatic rings. The maximum absolute atomic E-state index is 11.6. The van der Waals surface area contributed by atoms with Crippen molar-refractivity contribution in [2.75, 3.05) is 0 Å². The number of hydrogen-bond donors (Lipinski definition) is 1. The molecule has 3 rings (SSSR count). The lowest BCUT2D eigenvalue weighted by Crippen LogP contribution is -2.27. The van der Waals surface area contributed by atoms with E-state index in [0.717, 1.165) is 22.3 Å². The van der Waals surface area contributed by atoms with Gasteiger partial charge in [0.2, 0.25) is 5.91 Å². The van der Waals surface area contributed by atoms with Crippen LogP contribution >= 0.6 is 11.6 Å². The van der Waals surface area contributed by atoms with Gasteiger partial charge in [-0.3, -0.25) is 4.79 Å². The molecule has 1 amide bonds. The van der Waals surface area contributed by atoms with Gasteiger partial charge < -0.3 is 5.73 Å². The van der Waals surface area contributed by atoms with Gasteiger partial charge in [0.25, 0.3) is 0 Å². The van der Waals surface area contributed by atoms with Crippen LogP contribution < -0.4 is 5.73 Å². The van der Waals surface area contributed by atoms with Crippen molar-refractivity contribution < 1.29 is 7.54 Å². The van der Waals surface area contributed by atoms with Gasteiger partial charge >= 0.3 is 0 Å². The molecule has 3 heteroatoms. The molecule has 2 N–H and O–H groups in total. The van der Waals surface area contributed by atoms with Crippen LogP contribution in [0.15, 0.2) is 23.8 Å². The predicted octanol–water partition coefficient (Wildman–Crippen LogP) is 2.94. The Kier molecular flexibility index (Phi) is 2.00. The quantitative estimate of drug-likeness (QED) is 0.817. The van der Waals surface area contributed by atoms with Crippen LogP contribution in [0.25, 0.3) is 5.57 Å². The SMILES string of the molecule is [2H]C1([2H])CC2=C(Cc3ccc(Cl)cc32)C(C(N)=O)C1. The number of carbonyl (C=O) groups is 1. The number of rotatable bonds is 1. The molecule has 0 spiro atoms. The fourth-order valence-corrected chi connectivity index (χ4v) is 2.92. The Morgan fingerprint density at radius 1 is 1.53 bits per heavy atom. The predicted molar refractivity (Wildman–Crippen MR) is 68.6 cm³/mol. The highest BCUT2D eigenvalue weighted by Gasteiger charge is 2.32. The molecule has 0 saturated carbocycles. The van der Waals surface area contributed by atoms with E-state index >= 15 is 0 Å². The second-order valence-electron chi connectivity index (χ2n) is 4.57. The average Bonchev–Trinajstić information content (AvgIpc) is 2.65. The molecule has 1 unspecified atom stereocenters. The van der Waals surface area contributed by atoms with Gasteiger partial charge in [-0.15, -0.1) is 0 Å². The van der Waals surface area contributed by atoms with Gasteiger partial charge in [-0.2, -0.15) is 0 Å². The van der Waals surface area contributed by atoms with Crippen LogP contribution in [0.4, 0.5) is 0 Å². The molecule has 0 aromatic heterocycles. The molecule has 1 aromatic carbocycles. The van der Waals surface area contributed by atoms with Gasteiger partial charge in [-0.25, -0.2) is 0 Å². The number of benzene rings is 1. The molecule has 0 fully saturated rings. The molecule has 0 saturated heterocycles. The van der Waals surface area contributed by atoms with Gasteiger partial charge in [0, 0.05) is 7.76 Å². The molecule has 2 nitrogen and oxygen atoms in total. The summed E-state index contributed by atoms with van der Waals surface area (Å²) in [5, 5.41) is 0.634. The fourth-order valence-electron chi connectivity index (χ4n) is 2.75. The van der Waals surface area contributed by atoms with Crippen molar-refractivity contribution in [2.45, 2.75) is 25.6 Å². The molecule has 88 valence electrons. The highest BCUT2D eigenvalue weighted by atomic mass is 35.5. The van der Waals surface area contributed by atoms with Crippen LogP contribution in [-0.4, -0.2) is 5.91 Å². The van der Waals surface area contributed by atoms with E-state index in [1.54, 1.807) is 0 Å². The summed E-state index contributed by atoms with van der Waals surface area (Å²) < 4.78 is 16.0. The van der Waals surface area contributed by atoms with E-state index in [9.17, 15) is 4.79 Å². The number of allylic oxidation sites excluding steroid dienone is 1.